The summed E-state index contributed by atoms with van der Waals surface area (Å²) in [6.45, 7) is -0.397. The van der Waals surface area contributed by atoms with Gasteiger partial charge in [0.1, 0.15) is 0 Å². The summed E-state index contributed by atoms with van der Waals surface area (Å²) in [5, 5.41) is 2.09. The van der Waals surface area contributed by atoms with Crippen molar-refractivity contribution in [3.63, 3.8) is 0 Å². The van der Waals surface area contributed by atoms with E-state index in [0.29, 0.717) is 24.3 Å². The molecule has 0 radical (unpaired) electrons. The summed E-state index contributed by atoms with van der Waals surface area (Å²) in [7, 11) is 0. The van der Waals surface area contributed by atoms with Gasteiger partial charge in [-0.25, -0.2) is 0 Å². The van der Waals surface area contributed by atoms with Crippen LogP contribution in [0.4, 0.5) is 39.5 Å². The quantitative estimate of drug-likeness (QED) is 0.507. The van der Waals surface area contributed by atoms with Crippen molar-refractivity contribution in [2.45, 2.75) is 25.1 Å². The van der Waals surface area contributed by atoms with Crippen molar-refractivity contribution in [1.29, 1.82) is 0 Å². The van der Waals surface area contributed by atoms with Gasteiger partial charge < -0.3 is 5.32 Å². The summed E-state index contributed by atoms with van der Waals surface area (Å²) in [6, 6.07) is 2.61. The molecule has 11 heteroatoms. The Morgan fingerprint density at radius 3 is 1.43 bits per heavy atom. The number of amides is 1. The average Bonchev–Trinajstić information content (AvgIpc) is 2.57. The molecule has 0 aromatic heterocycles. The van der Waals surface area contributed by atoms with E-state index in [9.17, 15) is 44.3 Å². The first kappa shape index (κ1) is 21.6. The normalized spacial score (nSPS) is 12.8. The third kappa shape index (κ3) is 5.17. The van der Waals surface area contributed by atoms with Gasteiger partial charge in [-0.05, 0) is 53.1 Å². The lowest BCUT2D eigenvalue weighted by Gasteiger charge is -2.16. The van der Waals surface area contributed by atoms with Crippen LogP contribution in [0.15, 0.2) is 36.4 Å². The zero-order valence-electron chi connectivity index (χ0n) is 13.6. The molecule has 2 nitrogen and oxygen atoms in total. The van der Waals surface area contributed by atoms with Crippen LogP contribution in [-0.2, 0) is 29.9 Å². The Balaban J connectivity index is 2.73. The number of hydrogen-bond donors (Lipinski definition) is 1. The number of carbonyl (C=O) groups is 1. The highest BCUT2D eigenvalue weighted by Gasteiger charge is 2.37. The minimum absolute atomic E-state index is 0.119. The molecule has 1 N–H and O–H groups in total. The lowest BCUT2D eigenvalue weighted by atomic mass is 9.95. The topological polar surface area (TPSA) is 29.1 Å². The largest absolute Gasteiger partial charge is 0.416 e. The van der Waals surface area contributed by atoms with Crippen molar-refractivity contribution in [1.82, 2.24) is 5.32 Å². The first-order valence-electron chi connectivity index (χ1n) is 7.40. The maximum atomic E-state index is 13.1. The molecular weight excluding hydrogens is 405 g/mol. The van der Waals surface area contributed by atoms with Crippen LogP contribution in [0.25, 0.3) is 11.1 Å². The fraction of sp³-hybridized carbons (Fsp3) is 0.235. The first-order chi connectivity index (χ1) is 12.7. The maximum Gasteiger partial charge on any atom is 0.416 e. The van der Waals surface area contributed by atoms with Gasteiger partial charge in [-0.1, -0.05) is 0 Å². The van der Waals surface area contributed by atoms with E-state index in [-0.39, 0.29) is 18.0 Å². The number of alkyl halides is 9. The molecule has 2 rings (SSSR count). The highest BCUT2D eigenvalue weighted by atomic mass is 19.4. The van der Waals surface area contributed by atoms with E-state index in [4.69, 9.17) is 0 Å². The molecule has 1 amide bonds. The molecule has 2 aromatic carbocycles. The number of carbonyl (C=O) groups excluding carboxylic acids is 1. The number of hydrogen-bond acceptors (Lipinski definition) is 1. The fourth-order valence-electron chi connectivity index (χ4n) is 2.41. The van der Waals surface area contributed by atoms with Gasteiger partial charge in [0, 0.05) is 6.54 Å². The minimum atomic E-state index is -5.14. The van der Waals surface area contributed by atoms with Crippen molar-refractivity contribution >= 4 is 6.41 Å². The van der Waals surface area contributed by atoms with Crippen LogP contribution in [-0.4, -0.2) is 6.41 Å². The van der Waals surface area contributed by atoms with Crippen molar-refractivity contribution in [3.05, 3.63) is 58.7 Å². The van der Waals surface area contributed by atoms with E-state index in [1.54, 1.807) is 0 Å². The Bertz CT molecular complexity index is 834. The average molecular weight is 415 g/mol. The molecule has 0 bridgehead atoms. The van der Waals surface area contributed by atoms with E-state index in [1.165, 1.54) is 0 Å². The van der Waals surface area contributed by atoms with Crippen LogP contribution in [0.3, 0.4) is 0 Å². The predicted octanol–water partition coefficient (Wildman–Crippen LogP) is 5.66. The molecule has 0 fully saturated rings. The number of rotatable bonds is 4. The van der Waals surface area contributed by atoms with Crippen LogP contribution >= 0.6 is 0 Å². The van der Waals surface area contributed by atoms with Crippen LogP contribution in [0, 0.1) is 0 Å². The summed E-state index contributed by atoms with van der Waals surface area (Å²) >= 11 is 0. The highest BCUT2D eigenvalue weighted by Crippen LogP contribution is 2.40. The number of benzene rings is 2. The summed E-state index contributed by atoms with van der Waals surface area (Å²) in [5.74, 6) is 0. The second kappa shape index (κ2) is 7.36. The number of nitrogens with one attached hydrogen (secondary N) is 1. The molecule has 0 atom stereocenters. The Morgan fingerprint density at radius 2 is 1.04 bits per heavy atom. The smallest absolute Gasteiger partial charge is 0.355 e. The van der Waals surface area contributed by atoms with Gasteiger partial charge in [-0.3, -0.25) is 4.79 Å². The second-order valence-corrected chi connectivity index (χ2v) is 5.71. The van der Waals surface area contributed by atoms with E-state index in [2.05, 4.69) is 5.32 Å². The maximum absolute atomic E-state index is 13.1. The van der Waals surface area contributed by atoms with Crippen molar-refractivity contribution < 1.29 is 44.3 Å². The monoisotopic (exact) mass is 415 g/mol. The molecular formula is C17H10F9NO. The third-order valence-electron chi connectivity index (χ3n) is 3.63. The van der Waals surface area contributed by atoms with Gasteiger partial charge in [0.25, 0.3) is 0 Å². The highest BCUT2D eigenvalue weighted by molar-refractivity contribution is 5.68. The Morgan fingerprint density at radius 1 is 0.643 bits per heavy atom. The molecule has 28 heavy (non-hydrogen) atoms. The van der Waals surface area contributed by atoms with E-state index in [0.717, 1.165) is 6.07 Å². The summed E-state index contributed by atoms with van der Waals surface area (Å²) in [5.41, 5.74) is -5.93. The van der Waals surface area contributed by atoms with Gasteiger partial charge in [0.2, 0.25) is 6.41 Å². The molecule has 0 unspecified atom stereocenters. The zero-order chi connectivity index (χ0) is 21.3. The van der Waals surface area contributed by atoms with Gasteiger partial charge >= 0.3 is 18.5 Å². The number of halogens is 9. The molecule has 0 saturated carbocycles. The molecule has 0 heterocycles. The summed E-state index contributed by atoms with van der Waals surface area (Å²) < 4.78 is 117. The van der Waals surface area contributed by atoms with Gasteiger partial charge in [0.05, 0.1) is 16.7 Å². The van der Waals surface area contributed by atoms with Gasteiger partial charge in [0.15, 0.2) is 0 Å². The van der Waals surface area contributed by atoms with Crippen molar-refractivity contribution in [2.24, 2.45) is 0 Å². The van der Waals surface area contributed by atoms with Crippen LogP contribution in [0.2, 0.25) is 0 Å². The Hall–Kier alpha value is -2.72. The lowest BCUT2D eigenvalue weighted by molar-refractivity contribution is -0.143. The predicted molar refractivity (Wildman–Crippen MR) is 79.8 cm³/mol. The molecule has 0 aliphatic carbocycles. The molecule has 2 aromatic rings. The van der Waals surface area contributed by atoms with Crippen LogP contribution in [0.1, 0.15) is 22.3 Å². The summed E-state index contributed by atoms with van der Waals surface area (Å²) in [4.78, 5) is 10.3. The van der Waals surface area contributed by atoms with Crippen LogP contribution in [0.5, 0.6) is 0 Å². The van der Waals surface area contributed by atoms with Crippen molar-refractivity contribution in [2.75, 3.05) is 0 Å². The second-order valence-electron chi connectivity index (χ2n) is 5.71. The SMILES string of the molecule is O=CNCc1cc(-c2cc(C(F)(F)F)cc(C(F)(F)F)c2)cc(C(F)(F)F)c1. The van der Waals surface area contributed by atoms with Gasteiger partial charge in [-0.2, -0.15) is 39.5 Å². The Kier molecular flexibility index (Phi) is 5.67. The van der Waals surface area contributed by atoms with E-state index < -0.39 is 52.9 Å². The Labute approximate surface area is 152 Å². The minimum Gasteiger partial charge on any atom is -0.355 e. The third-order valence-corrected chi connectivity index (χ3v) is 3.63. The van der Waals surface area contributed by atoms with Crippen molar-refractivity contribution in [3.8, 4) is 11.1 Å². The summed E-state index contributed by atoms with van der Waals surface area (Å²) in [6.07, 6.45) is -15.0. The van der Waals surface area contributed by atoms with E-state index in [1.807, 2.05) is 0 Å². The molecule has 0 aliphatic rings. The first-order valence-corrected chi connectivity index (χ1v) is 7.40. The molecule has 0 aliphatic heterocycles. The lowest BCUT2D eigenvalue weighted by Crippen LogP contribution is -2.13. The van der Waals surface area contributed by atoms with Crippen LogP contribution < -0.4 is 5.32 Å². The fourth-order valence-corrected chi connectivity index (χ4v) is 2.41. The van der Waals surface area contributed by atoms with E-state index >= 15 is 0 Å². The van der Waals surface area contributed by atoms with Gasteiger partial charge in [-0.15, -0.1) is 0 Å². The zero-order valence-corrected chi connectivity index (χ0v) is 13.6. The molecule has 0 saturated heterocycles. The molecule has 0 spiro atoms. The standard InChI is InChI=1S/C17H10F9NO/c18-15(19,20)12-2-9(7-27-8-28)1-10(3-12)11-4-13(16(21,22)23)6-14(5-11)17(24,25)26/h1-6,8H,7H2,(H,27,28). The molecule has 152 valence electrons.